The van der Waals surface area contributed by atoms with Crippen LogP contribution in [-0.2, 0) is 17.9 Å². The van der Waals surface area contributed by atoms with Gasteiger partial charge in [-0.05, 0) is 0 Å². The summed E-state index contributed by atoms with van der Waals surface area (Å²) in [7, 11) is 0. The Morgan fingerprint density at radius 1 is 1.00 bits per heavy atom. The fourth-order valence-electron chi connectivity index (χ4n) is 3.68. The molecule has 1 aromatic carbocycles. The van der Waals surface area contributed by atoms with Crippen molar-refractivity contribution in [2.75, 3.05) is 0 Å². The van der Waals surface area contributed by atoms with E-state index in [1.165, 1.54) is 5.56 Å². The molecule has 0 radical (unpaired) electrons. The Bertz CT molecular complexity index is 665. The molecule has 1 N–H and O–H groups in total. The van der Waals surface area contributed by atoms with Gasteiger partial charge in [0.05, 0.1) is 0 Å². The maximum absolute atomic E-state index is 3.60. The summed E-state index contributed by atoms with van der Waals surface area (Å²) in [5.74, 6) is -0.793. The molecule has 0 amide bonds. The van der Waals surface area contributed by atoms with Crippen LogP contribution in [0, 0.1) is 0 Å². The molecule has 1 heterocycles. The molecule has 1 aromatic heterocycles. The van der Waals surface area contributed by atoms with Crippen molar-refractivity contribution in [3.8, 4) is 0 Å². The van der Waals surface area contributed by atoms with E-state index >= 15 is 0 Å². The summed E-state index contributed by atoms with van der Waals surface area (Å²) in [4.78, 5) is 3.60. The van der Waals surface area contributed by atoms with Crippen molar-refractivity contribution in [3.63, 3.8) is 0 Å². The maximum Gasteiger partial charge on any atom is -0.147 e. The van der Waals surface area contributed by atoms with Gasteiger partial charge in [-0.15, -0.1) is 24.8 Å². The number of nitrogens with one attached hydrogen (secondary N) is 1. The van der Waals surface area contributed by atoms with Gasteiger partial charge >= 0.3 is 124 Å². The van der Waals surface area contributed by atoms with Crippen LogP contribution in [-0.4, -0.2) is 10.9 Å². The molecule has 1 aliphatic rings. The summed E-state index contributed by atoms with van der Waals surface area (Å²) in [6, 6.07) is 13.5. The van der Waals surface area contributed by atoms with Crippen LogP contribution >= 0.6 is 24.8 Å². The molecule has 1 nitrogen and oxygen atoms in total. The van der Waals surface area contributed by atoms with Crippen molar-refractivity contribution in [3.05, 3.63) is 59.8 Å². The van der Waals surface area contributed by atoms with E-state index in [1.807, 2.05) is 0 Å². The second-order valence-corrected chi connectivity index (χ2v) is 44.3. The van der Waals surface area contributed by atoms with Gasteiger partial charge in [0.25, 0.3) is 0 Å². The molecule has 1 aliphatic carbocycles. The van der Waals surface area contributed by atoms with E-state index in [2.05, 4.69) is 82.1 Å². The Labute approximate surface area is 148 Å². The number of allylic oxidation sites excluding steroid dienone is 1. The Morgan fingerprint density at radius 3 is 2.27 bits per heavy atom. The smallest absolute Gasteiger partial charge is 0.147 e. The Balaban J connectivity index is 0.00000121. The van der Waals surface area contributed by atoms with Crippen LogP contribution in [0.5, 0.6) is 0 Å². The average molecular weight is 435 g/mol. The predicted octanol–water partition coefficient (Wildman–Crippen LogP) is 5.02. The van der Waals surface area contributed by atoms with E-state index in [0.29, 0.717) is 3.63 Å². The maximum atomic E-state index is 3.60. The fourth-order valence-corrected chi connectivity index (χ4v) is 26.1. The van der Waals surface area contributed by atoms with Gasteiger partial charge in [-0.3, -0.25) is 0 Å². The summed E-state index contributed by atoms with van der Waals surface area (Å²) in [5.41, 5.74) is 3.00. The van der Waals surface area contributed by atoms with Crippen LogP contribution in [0.1, 0.15) is 14.8 Å². The van der Waals surface area contributed by atoms with E-state index in [0.717, 1.165) is 0 Å². The van der Waals surface area contributed by atoms with Crippen LogP contribution in [0.4, 0.5) is 0 Å². The van der Waals surface area contributed by atoms with Gasteiger partial charge in [-0.1, -0.05) is 0 Å². The van der Waals surface area contributed by atoms with E-state index in [9.17, 15) is 0 Å². The molecule has 0 fully saturated rings. The van der Waals surface area contributed by atoms with Crippen molar-refractivity contribution < 1.29 is 17.9 Å². The van der Waals surface area contributed by atoms with Crippen LogP contribution in [0.2, 0.25) is 22.4 Å². The SMILES string of the molecule is C[SiH](C)[Zr]([CH3])([CH3])([c]1ccc[nH]1)[CH]1C=Cc2ccccc21.Cl.Cl. The fraction of sp³-hybridized carbons (Fsp3) is 0.294. The number of hydrogen-bond donors (Lipinski definition) is 1. The topological polar surface area (TPSA) is 15.8 Å². The number of fused-ring (bicyclic) bond motifs is 1. The van der Waals surface area contributed by atoms with E-state index in [1.54, 1.807) is 8.97 Å². The third-order valence-electron chi connectivity index (χ3n) is 5.98. The van der Waals surface area contributed by atoms with Gasteiger partial charge in [0, 0.05) is 0 Å². The third-order valence-corrected chi connectivity index (χ3v) is 50.6. The molecule has 1 unspecified atom stereocenters. The molecule has 5 heteroatoms. The number of rotatable bonds is 3. The van der Waals surface area contributed by atoms with Crippen LogP contribution in [0.25, 0.3) is 6.08 Å². The molecule has 2 aromatic rings. The number of aromatic nitrogens is 1. The van der Waals surface area contributed by atoms with Crippen molar-refractivity contribution >= 4 is 40.2 Å². The molecule has 0 saturated carbocycles. The summed E-state index contributed by atoms with van der Waals surface area (Å²) in [6.07, 6.45) is 6.96. The van der Waals surface area contributed by atoms with Gasteiger partial charge in [-0.2, -0.15) is 0 Å². The second-order valence-electron chi connectivity index (χ2n) is 7.31. The second kappa shape index (κ2) is 6.81. The Kier molecular flexibility index (Phi) is 6.18. The standard InChI is InChI=1S/C9H7.C4H4N.C2H7Si.2CH3.2ClH.Zr/c1-2-5-9-7-3-6-8(9)4-1;1-2-4-5-3-1;1-3-2;;;;;/h1-7H;1-3,5H;3H,1-2H3;2*1H3;2*1H;. The predicted molar refractivity (Wildman–Crippen MR) is 104 cm³/mol. The van der Waals surface area contributed by atoms with Crippen molar-refractivity contribution in [1.29, 1.82) is 0 Å². The molecule has 1 atom stereocenters. The van der Waals surface area contributed by atoms with Gasteiger partial charge in [-0.25, -0.2) is 0 Å². The van der Waals surface area contributed by atoms with E-state index in [4.69, 9.17) is 0 Å². The number of hydrogen-bond acceptors (Lipinski definition) is 0. The molecule has 0 spiro atoms. The van der Waals surface area contributed by atoms with E-state index in [-0.39, 0.29) is 24.8 Å². The number of H-pyrrole nitrogens is 1. The van der Waals surface area contributed by atoms with Gasteiger partial charge < -0.3 is 0 Å². The summed E-state index contributed by atoms with van der Waals surface area (Å²) in [5, 5.41) is 0. The summed E-state index contributed by atoms with van der Waals surface area (Å²) >= 11 is -3.02. The first-order valence-electron chi connectivity index (χ1n) is 7.55. The first kappa shape index (κ1) is 20.0. The molecule has 0 saturated heterocycles. The van der Waals surface area contributed by atoms with Gasteiger partial charge in [0.15, 0.2) is 0 Å². The zero-order valence-electron chi connectivity index (χ0n) is 13.7. The minimum absolute atomic E-state index is 0. The normalized spacial score (nSPS) is 18.0. The molecular formula is C17H26Cl2NSiZr. The number of benzene rings is 1. The Hall–Kier alpha value is -0.0800. The zero-order valence-corrected chi connectivity index (χ0v) is 18.9. The third kappa shape index (κ3) is 2.75. The summed E-state index contributed by atoms with van der Waals surface area (Å²) in [6.45, 7) is 5.11. The quantitative estimate of drug-likeness (QED) is 0.653. The van der Waals surface area contributed by atoms with Crippen molar-refractivity contribution in [2.45, 2.75) is 26.0 Å². The molecule has 0 bridgehead atoms. The van der Waals surface area contributed by atoms with Gasteiger partial charge in [0.1, 0.15) is 0 Å². The summed E-state index contributed by atoms with van der Waals surface area (Å²) < 4.78 is 7.58. The number of aromatic amines is 1. The van der Waals surface area contributed by atoms with Crippen LogP contribution < -0.4 is 3.40 Å². The zero-order chi connectivity index (χ0) is 14.4. The molecule has 121 valence electrons. The Morgan fingerprint density at radius 2 is 1.68 bits per heavy atom. The average Bonchev–Trinajstić information content (AvgIpc) is 3.09. The van der Waals surface area contributed by atoms with Crippen LogP contribution in [0.3, 0.4) is 0 Å². The molecule has 0 aliphatic heterocycles. The number of halogens is 2. The molecular weight excluding hydrogens is 408 g/mol. The monoisotopic (exact) mass is 432 g/mol. The first-order valence-corrected chi connectivity index (χ1v) is 22.3. The van der Waals surface area contributed by atoms with Crippen molar-refractivity contribution in [2.24, 2.45) is 0 Å². The van der Waals surface area contributed by atoms with E-state index < -0.39 is 23.9 Å². The van der Waals surface area contributed by atoms with Crippen LogP contribution in [0.15, 0.2) is 48.7 Å². The molecule has 22 heavy (non-hydrogen) atoms. The molecule has 3 rings (SSSR count). The van der Waals surface area contributed by atoms with Crippen molar-refractivity contribution in [1.82, 2.24) is 4.98 Å². The minimum atomic E-state index is -3.02. The first-order chi connectivity index (χ1) is 9.44. The van der Waals surface area contributed by atoms with Gasteiger partial charge in [0.2, 0.25) is 0 Å². The minimum Gasteiger partial charge on any atom is -0.147 e. The largest absolute Gasteiger partial charge is 0.147 e.